The van der Waals surface area contributed by atoms with E-state index in [1.807, 2.05) is 12.1 Å². The van der Waals surface area contributed by atoms with Crippen molar-refractivity contribution in [3.63, 3.8) is 0 Å². The molecule has 4 fully saturated rings. The molecule has 0 aliphatic carbocycles. The average molecular weight is 479 g/mol. The van der Waals surface area contributed by atoms with Crippen LogP contribution in [0, 0.1) is 11.8 Å². The fourth-order valence-electron chi connectivity index (χ4n) is 5.52. The fourth-order valence-corrected chi connectivity index (χ4v) is 5.83. The van der Waals surface area contributed by atoms with Gasteiger partial charge in [0.1, 0.15) is 6.17 Å². The minimum Gasteiger partial charge on any atom is -0.370 e. The van der Waals surface area contributed by atoms with Crippen molar-refractivity contribution in [1.29, 1.82) is 0 Å². The van der Waals surface area contributed by atoms with Gasteiger partial charge in [-0.2, -0.15) is 0 Å². The lowest BCUT2D eigenvalue weighted by Gasteiger charge is -2.33. The van der Waals surface area contributed by atoms with E-state index in [2.05, 4.69) is 15.9 Å². The molecule has 4 heterocycles. The number of likely N-dealkylation sites (tertiary alicyclic amines) is 2. The Morgan fingerprint density at radius 3 is 2.30 bits per heavy atom. The molecular formula is C23H28ClFN4O4. The van der Waals surface area contributed by atoms with Gasteiger partial charge < -0.3 is 14.6 Å². The lowest BCUT2D eigenvalue weighted by atomic mass is 10.0. The smallest absolute Gasteiger partial charge is 0.370 e. The lowest BCUT2D eigenvalue weighted by molar-refractivity contribution is -0.173. The normalized spacial score (nSPS) is 26.4. The minimum absolute atomic E-state index is 0.0869. The number of nitrogens with zero attached hydrogens (tertiary/aromatic N) is 4. The van der Waals surface area contributed by atoms with Crippen molar-refractivity contribution in [2.24, 2.45) is 11.8 Å². The zero-order valence-electron chi connectivity index (χ0n) is 18.4. The molecule has 10 heteroatoms. The summed E-state index contributed by atoms with van der Waals surface area (Å²) in [6.07, 6.45) is -0.139. The maximum atomic E-state index is 13.6. The molecule has 33 heavy (non-hydrogen) atoms. The number of carbonyl (C=O) groups excluding carboxylic acids is 3. The maximum Gasteiger partial charge on any atom is 0.434 e. The van der Waals surface area contributed by atoms with Gasteiger partial charge in [-0.1, -0.05) is 23.7 Å². The third-order valence-electron chi connectivity index (χ3n) is 7.20. The van der Waals surface area contributed by atoms with Gasteiger partial charge in [-0.3, -0.25) is 14.5 Å². The number of hydrogen-bond acceptors (Lipinski definition) is 6. The standard InChI is InChI=1S/C23H28ClFN4O4/c24-19-3-1-2-15(22(19)27-8-6-18(25)7-9-27)10-26-11-16-13-28(14-17(16)12-26)23(32)33-29-20(30)4-5-21(29)31/h1-3,16-18H,4-14H2. The summed E-state index contributed by atoms with van der Waals surface area (Å²) in [6.45, 7) is 4.86. The van der Waals surface area contributed by atoms with E-state index in [1.54, 1.807) is 4.90 Å². The number of benzene rings is 1. The molecular weight excluding hydrogens is 451 g/mol. The molecule has 4 aliphatic heterocycles. The molecule has 0 radical (unpaired) electrons. The number of rotatable bonds is 4. The van der Waals surface area contributed by atoms with Gasteiger partial charge in [0.05, 0.1) is 10.7 Å². The van der Waals surface area contributed by atoms with Gasteiger partial charge in [0, 0.05) is 58.7 Å². The Kier molecular flexibility index (Phi) is 6.18. The van der Waals surface area contributed by atoms with Gasteiger partial charge in [-0.25, -0.2) is 9.18 Å². The molecule has 5 rings (SSSR count). The van der Waals surface area contributed by atoms with Crippen molar-refractivity contribution < 1.29 is 23.6 Å². The summed E-state index contributed by atoms with van der Waals surface area (Å²) in [5, 5.41) is 1.30. The SMILES string of the molecule is O=C(ON1C(=O)CCC1=O)N1CC2CN(Cc3cccc(Cl)c3N3CCC(F)CC3)CC2C1. The number of carbonyl (C=O) groups is 3. The highest BCUT2D eigenvalue weighted by atomic mass is 35.5. The molecule has 178 valence electrons. The second-order valence-corrected chi connectivity index (χ2v) is 9.87. The molecule has 0 bridgehead atoms. The molecule has 0 spiro atoms. The Morgan fingerprint density at radius 1 is 1.03 bits per heavy atom. The van der Waals surface area contributed by atoms with Crippen molar-refractivity contribution in [3.05, 3.63) is 28.8 Å². The summed E-state index contributed by atoms with van der Waals surface area (Å²) in [5.74, 6) is -0.307. The summed E-state index contributed by atoms with van der Waals surface area (Å²) in [7, 11) is 0. The van der Waals surface area contributed by atoms with E-state index >= 15 is 0 Å². The maximum absolute atomic E-state index is 13.6. The van der Waals surface area contributed by atoms with Crippen molar-refractivity contribution in [1.82, 2.24) is 14.9 Å². The molecule has 0 N–H and O–H groups in total. The summed E-state index contributed by atoms with van der Waals surface area (Å²) in [5.41, 5.74) is 2.15. The van der Waals surface area contributed by atoms with Crippen LogP contribution >= 0.6 is 11.6 Å². The average Bonchev–Trinajstić information content (AvgIpc) is 3.44. The molecule has 2 unspecified atom stereocenters. The molecule has 1 aromatic rings. The Bertz CT molecular complexity index is 924. The van der Waals surface area contributed by atoms with Gasteiger partial charge in [-0.05, 0) is 36.3 Å². The number of imide groups is 1. The second kappa shape index (κ2) is 9.10. The lowest BCUT2D eigenvalue weighted by Crippen LogP contribution is -2.40. The van der Waals surface area contributed by atoms with Crippen molar-refractivity contribution in [2.75, 3.05) is 44.2 Å². The number of alkyl halides is 1. The zero-order valence-corrected chi connectivity index (χ0v) is 19.2. The van der Waals surface area contributed by atoms with Crippen molar-refractivity contribution in [3.8, 4) is 0 Å². The molecule has 3 amide bonds. The van der Waals surface area contributed by atoms with Crippen LogP contribution in [0.15, 0.2) is 18.2 Å². The first kappa shape index (κ1) is 22.4. The number of piperidine rings is 1. The third-order valence-corrected chi connectivity index (χ3v) is 7.51. The number of hydrogen-bond donors (Lipinski definition) is 0. The van der Waals surface area contributed by atoms with Crippen LogP contribution in [0.1, 0.15) is 31.2 Å². The van der Waals surface area contributed by atoms with E-state index in [1.165, 1.54) is 0 Å². The molecule has 8 nitrogen and oxygen atoms in total. The van der Waals surface area contributed by atoms with Crippen molar-refractivity contribution in [2.45, 2.75) is 38.4 Å². The van der Waals surface area contributed by atoms with Gasteiger partial charge in [0.2, 0.25) is 0 Å². The predicted octanol–water partition coefficient (Wildman–Crippen LogP) is 2.84. The topological polar surface area (TPSA) is 73.4 Å². The molecule has 4 saturated heterocycles. The number of hydroxylamine groups is 2. The van der Waals surface area contributed by atoms with Crippen LogP contribution in [-0.4, -0.2) is 78.2 Å². The summed E-state index contributed by atoms with van der Waals surface area (Å²) >= 11 is 6.56. The monoisotopic (exact) mass is 478 g/mol. The molecule has 1 aromatic carbocycles. The minimum atomic E-state index is -0.735. The summed E-state index contributed by atoms with van der Waals surface area (Å²) < 4.78 is 13.6. The van der Waals surface area contributed by atoms with Crippen LogP contribution in [0.5, 0.6) is 0 Å². The largest absolute Gasteiger partial charge is 0.434 e. The van der Waals surface area contributed by atoms with Gasteiger partial charge in [0.25, 0.3) is 11.8 Å². The van der Waals surface area contributed by atoms with Gasteiger partial charge >= 0.3 is 6.09 Å². The van der Waals surface area contributed by atoms with Gasteiger partial charge in [-0.15, -0.1) is 5.06 Å². The van der Waals surface area contributed by atoms with Crippen LogP contribution in [0.2, 0.25) is 5.02 Å². The Hall–Kier alpha value is -2.39. The second-order valence-electron chi connectivity index (χ2n) is 9.47. The first-order chi connectivity index (χ1) is 15.9. The molecule has 2 atom stereocenters. The summed E-state index contributed by atoms with van der Waals surface area (Å²) in [4.78, 5) is 47.1. The van der Waals surface area contributed by atoms with E-state index < -0.39 is 24.1 Å². The summed E-state index contributed by atoms with van der Waals surface area (Å²) in [6, 6.07) is 5.93. The van der Waals surface area contributed by atoms with Crippen LogP contribution in [0.3, 0.4) is 0 Å². The first-order valence-corrected chi connectivity index (χ1v) is 12.0. The van der Waals surface area contributed by atoms with Crippen LogP contribution in [0.25, 0.3) is 0 Å². The van der Waals surface area contributed by atoms with Crippen LogP contribution in [0.4, 0.5) is 14.9 Å². The van der Waals surface area contributed by atoms with E-state index in [9.17, 15) is 18.8 Å². The number of halogens is 2. The highest BCUT2D eigenvalue weighted by Gasteiger charge is 2.43. The Balaban J connectivity index is 1.18. The number of para-hydroxylation sites is 1. The third kappa shape index (κ3) is 4.53. The molecule has 0 saturated carbocycles. The number of amides is 3. The van der Waals surface area contributed by atoms with E-state index in [-0.39, 0.29) is 12.8 Å². The fraction of sp³-hybridized carbons (Fsp3) is 0.609. The number of fused-ring (bicyclic) bond motifs is 1. The Morgan fingerprint density at radius 2 is 1.67 bits per heavy atom. The molecule has 0 aromatic heterocycles. The van der Waals surface area contributed by atoms with E-state index in [0.717, 1.165) is 30.9 Å². The highest BCUT2D eigenvalue weighted by molar-refractivity contribution is 6.33. The first-order valence-electron chi connectivity index (χ1n) is 11.6. The molecule has 4 aliphatic rings. The van der Waals surface area contributed by atoms with E-state index in [0.29, 0.717) is 60.9 Å². The van der Waals surface area contributed by atoms with Crippen LogP contribution in [-0.2, 0) is 21.0 Å². The number of anilines is 1. The zero-order chi connectivity index (χ0) is 23.1. The van der Waals surface area contributed by atoms with Gasteiger partial charge in [0.15, 0.2) is 0 Å². The highest BCUT2D eigenvalue weighted by Crippen LogP contribution is 2.36. The Labute approximate surface area is 197 Å². The van der Waals surface area contributed by atoms with E-state index in [4.69, 9.17) is 16.4 Å². The van der Waals surface area contributed by atoms with Crippen LogP contribution < -0.4 is 4.90 Å². The quantitative estimate of drug-likeness (QED) is 0.620. The van der Waals surface area contributed by atoms with Crippen molar-refractivity contribution >= 4 is 35.2 Å². The predicted molar refractivity (Wildman–Crippen MR) is 119 cm³/mol.